The van der Waals surface area contributed by atoms with E-state index in [1.807, 2.05) is 49.4 Å². The van der Waals surface area contributed by atoms with Crippen LogP contribution in [0, 0.1) is 0 Å². The maximum absolute atomic E-state index is 12.1. The molecule has 0 aliphatic heterocycles. The molecule has 0 aliphatic carbocycles. The number of benzene rings is 2. The average Bonchev–Trinajstić information content (AvgIpc) is 2.71. The average molecular weight is 371 g/mol. The summed E-state index contributed by atoms with van der Waals surface area (Å²) in [6, 6.07) is 16.7. The van der Waals surface area contributed by atoms with Gasteiger partial charge in [-0.2, -0.15) is 0 Å². The van der Waals surface area contributed by atoms with Gasteiger partial charge in [0.25, 0.3) is 5.91 Å². The second-order valence-electron chi connectivity index (χ2n) is 5.88. The lowest BCUT2D eigenvalue weighted by Crippen LogP contribution is -2.34. The zero-order valence-electron chi connectivity index (χ0n) is 15.6. The predicted molar refractivity (Wildman–Crippen MR) is 102 cm³/mol. The highest BCUT2D eigenvalue weighted by Crippen LogP contribution is 2.13. The van der Waals surface area contributed by atoms with E-state index < -0.39 is 12.1 Å². The predicted octanol–water partition coefficient (Wildman–Crippen LogP) is 2.75. The SMILES string of the molecule is CC[C@@H](Oc1ccccc1)C(=O)OCC(=O)NCCc1ccc(OC)cc1. The van der Waals surface area contributed by atoms with Crippen molar-refractivity contribution >= 4 is 11.9 Å². The smallest absolute Gasteiger partial charge is 0.347 e. The molecule has 1 atom stereocenters. The van der Waals surface area contributed by atoms with Crippen molar-refractivity contribution in [1.29, 1.82) is 0 Å². The third kappa shape index (κ3) is 7.01. The van der Waals surface area contributed by atoms with Crippen molar-refractivity contribution in [2.45, 2.75) is 25.9 Å². The molecule has 0 spiro atoms. The van der Waals surface area contributed by atoms with Crippen LogP contribution in [0.1, 0.15) is 18.9 Å². The quantitative estimate of drug-likeness (QED) is 0.650. The van der Waals surface area contributed by atoms with E-state index >= 15 is 0 Å². The summed E-state index contributed by atoms with van der Waals surface area (Å²) in [5.74, 6) is 0.487. The van der Waals surface area contributed by atoms with Crippen molar-refractivity contribution in [3.8, 4) is 11.5 Å². The first-order valence-electron chi connectivity index (χ1n) is 8.90. The van der Waals surface area contributed by atoms with E-state index in [1.165, 1.54) is 0 Å². The summed E-state index contributed by atoms with van der Waals surface area (Å²) in [5, 5.41) is 2.73. The Bertz CT molecular complexity index is 715. The van der Waals surface area contributed by atoms with E-state index in [0.717, 1.165) is 11.3 Å². The zero-order chi connectivity index (χ0) is 19.5. The molecule has 144 valence electrons. The van der Waals surface area contributed by atoms with Gasteiger partial charge in [0.2, 0.25) is 0 Å². The standard InChI is InChI=1S/C21H25NO5/c1-3-19(27-18-7-5-4-6-8-18)21(24)26-15-20(23)22-14-13-16-9-11-17(25-2)12-10-16/h4-12,19H,3,13-15H2,1-2H3,(H,22,23)/t19-/m1/s1. The molecular formula is C21H25NO5. The molecule has 1 amide bonds. The van der Waals surface area contributed by atoms with E-state index in [4.69, 9.17) is 14.2 Å². The molecular weight excluding hydrogens is 346 g/mol. The third-order valence-electron chi connectivity index (χ3n) is 3.90. The lowest BCUT2D eigenvalue weighted by Gasteiger charge is -2.16. The highest BCUT2D eigenvalue weighted by molar-refractivity contribution is 5.82. The third-order valence-corrected chi connectivity index (χ3v) is 3.90. The molecule has 0 saturated carbocycles. The summed E-state index contributed by atoms with van der Waals surface area (Å²) in [5.41, 5.74) is 1.08. The van der Waals surface area contributed by atoms with Crippen LogP contribution in [0.4, 0.5) is 0 Å². The molecule has 0 aromatic heterocycles. The van der Waals surface area contributed by atoms with Gasteiger partial charge in [0.1, 0.15) is 11.5 Å². The van der Waals surface area contributed by atoms with Crippen molar-refractivity contribution in [3.63, 3.8) is 0 Å². The van der Waals surface area contributed by atoms with Crippen molar-refractivity contribution in [1.82, 2.24) is 5.32 Å². The lowest BCUT2D eigenvalue weighted by molar-refractivity contribution is -0.155. The second-order valence-corrected chi connectivity index (χ2v) is 5.88. The minimum atomic E-state index is -0.737. The molecule has 0 saturated heterocycles. The first-order valence-corrected chi connectivity index (χ1v) is 8.90. The molecule has 1 N–H and O–H groups in total. The van der Waals surface area contributed by atoms with Crippen LogP contribution in [-0.4, -0.2) is 38.2 Å². The van der Waals surface area contributed by atoms with Crippen molar-refractivity contribution in [2.24, 2.45) is 0 Å². The molecule has 0 heterocycles. The van der Waals surface area contributed by atoms with Crippen molar-refractivity contribution in [3.05, 3.63) is 60.2 Å². The molecule has 2 aromatic carbocycles. The van der Waals surface area contributed by atoms with Crippen LogP contribution in [0.15, 0.2) is 54.6 Å². The number of para-hydroxylation sites is 1. The van der Waals surface area contributed by atoms with Gasteiger partial charge >= 0.3 is 5.97 Å². The van der Waals surface area contributed by atoms with Gasteiger partial charge in [-0.25, -0.2) is 4.79 Å². The summed E-state index contributed by atoms with van der Waals surface area (Å²) in [6.45, 7) is 1.96. The van der Waals surface area contributed by atoms with Crippen LogP contribution in [-0.2, 0) is 20.7 Å². The number of rotatable bonds is 10. The molecule has 6 nitrogen and oxygen atoms in total. The first kappa shape index (κ1) is 20.3. The molecule has 6 heteroatoms. The molecule has 0 bridgehead atoms. The van der Waals surface area contributed by atoms with Gasteiger partial charge in [0, 0.05) is 6.54 Å². The Morgan fingerprint density at radius 3 is 2.33 bits per heavy atom. The van der Waals surface area contributed by atoms with Gasteiger partial charge in [0.05, 0.1) is 7.11 Å². The van der Waals surface area contributed by atoms with Gasteiger partial charge in [0.15, 0.2) is 12.7 Å². The number of ether oxygens (including phenoxy) is 3. The lowest BCUT2D eigenvalue weighted by atomic mass is 10.1. The number of hydrogen-bond donors (Lipinski definition) is 1. The Kier molecular flexibility index (Phi) is 8.16. The van der Waals surface area contributed by atoms with Gasteiger partial charge < -0.3 is 19.5 Å². The van der Waals surface area contributed by atoms with Crippen LogP contribution in [0.2, 0.25) is 0 Å². The summed E-state index contributed by atoms with van der Waals surface area (Å²) in [6.07, 6.45) is 0.394. The molecule has 0 fully saturated rings. The molecule has 0 radical (unpaired) electrons. The summed E-state index contributed by atoms with van der Waals surface area (Å²) >= 11 is 0. The second kappa shape index (κ2) is 10.9. The fourth-order valence-corrected chi connectivity index (χ4v) is 2.38. The Balaban J connectivity index is 1.69. The Morgan fingerprint density at radius 2 is 1.70 bits per heavy atom. The van der Waals surface area contributed by atoms with Crippen LogP contribution < -0.4 is 14.8 Å². The fourth-order valence-electron chi connectivity index (χ4n) is 2.38. The van der Waals surface area contributed by atoms with E-state index in [-0.39, 0.29) is 12.5 Å². The van der Waals surface area contributed by atoms with Crippen LogP contribution >= 0.6 is 0 Å². The molecule has 0 aliphatic rings. The summed E-state index contributed by atoms with van der Waals surface area (Å²) < 4.78 is 15.8. The Labute approximate surface area is 159 Å². The topological polar surface area (TPSA) is 73.9 Å². The number of carbonyl (C=O) groups excluding carboxylic acids is 2. The highest BCUT2D eigenvalue weighted by atomic mass is 16.6. The number of methoxy groups -OCH3 is 1. The van der Waals surface area contributed by atoms with Gasteiger partial charge in [-0.05, 0) is 42.7 Å². The summed E-state index contributed by atoms with van der Waals surface area (Å²) in [4.78, 5) is 24.0. The molecule has 2 aromatic rings. The molecule has 0 unspecified atom stereocenters. The number of hydrogen-bond acceptors (Lipinski definition) is 5. The van der Waals surface area contributed by atoms with Gasteiger partial charge in [-0.3, -0.25) is 4.79 Å². The van der Waals surface area contributed by atoms with Gasteiger partial charge in [-0.15, -0.1) is 0 Å². The first-order chi connectivity index (χ1) is 13.1. The van der Waals surface area contributed by atoms with Crippen LogP contribution in [0.3, 0.4) is 0 Å². The highest BCUT2D eigenvalue weighted by Gasteiger charge is 2.21. The van der Waals surface area contributed by atoms with Crippen molar-refractivity contribution < 1.29 is 23.8 Å². The summed E-state index contributed by atoms with van der Waals surface area (Å²) in [7, 11) is 1.62. The molecule has 27 heavy (non-hydrogen) atoms. The minimum absolute atomic E-state index is 0.323. The maximum Gasteiger partial charge on any atom is 0.347 e. The number of esters is 1. The van der Waals surface area contributed by atoms with E-state index in [1.54, 1.807) is 19.2 Å². The van der Waals surface area contributed by atoms with E-state index in [2.05, 4.69) is 5.32 Å². The van der Waals surface area contributed by atoms with Gasteiger partial charge in [-0.1, -0.05) is 37.3 Å². The largest absolute Gasteiger partial charge is 0.497 e. The minimum Gasteiger partial charge on any atom is -0.497 e. The number of carbonyl (C=O) groups is 2. The monoisotopic (exact) mass is 371 g/mol. The van der Waals surface area contributed by atoms with Crippen LogP contribution in [0.5, 0.6) is 11.5 Å². The normalized spacial score (nSPS) is 11.3. The van der Waals surface area contributed by atoms with E-state index in [0.29, 0.717) is 25.1 Å². The fraction of sp³-hybridized carbons (Fsp3) is 0.333. The number of nitrogens with one attached hydrogen (secondary N) is 1. The van der Waals surface area contributed by atoms with Crippen LogP contribution in [0.25, 0.3) is 0 Å². The van der Waals surface area contributed by atoms with E-state index in [9.17, 15) is 9.59 Å². The Morgan fingerprint density at radius 1 is 1.00 bits per heavy atom. The number of amides is 1. The zero-order valence-corrected chi connectivity index (χ0v) is 15.6. The Hall–Kier alpha value is -3.02. The maximum atomic E-state index is 12.1. The molecule has 2 rings (SSSR count). The van der Waals surface area contributed by atoms with Crippen molar-refractivity contribution in [2.75, 3.05) is 20.3 Å².